The van der Waals surface area contributed by atoms with Crippen molar-refractivity contribution in [2.45, 2.75) is 58.8 Å². The molecule has 0 spiro atoms. The van der Waals surface area contributed by atoms with Crippen LogP contribution >= 0.6 is 12.2 Å². The number of unbranched alkanes of at least 4 members (excludes halogenated alkanes) is 4. The summed E-state index contributed by atoms with van der Waals surface area (Å²) in [4.78, 5) is 0.866. The first-order chi connectivity index (χ1) is 13.2. The minimum atomic E-state index is 0.803. The summed E-state index contributed by atoms with van der Waals surface area (Å²) in [6.07, 6.45) is 12.7. The smallest absolute Gasteiger partial charge is 0.119 e. The standard InChI is InChI=1S/C25H32OS/c1-3-5-6-7-8-20-26-24-17-12-22(13-18-24)14-19-25(27)23-15-10-21(9-4-2)11-16-23/h10-19H,3-9,20H2,1-2H3. The number of hydrogen-bond acceptors (Lipinski definition) is 2. The molecule has 1 nitrogen and oxygen atoms in total. The lowest BCUT2D eigenvalue weighted by molar-refractivity contribution is 0.304. The van der Waals surface area contributed by atoms with Crippen LogP contribution in [0.15, 0.2) is 54.6 Å². The topological polar surface area (TPSA) is 9.23 Å². The average Bonchev–Trinajstić information content (AvgIpc) is 2.70. The Kier molecular flexibility index (Phi) is 9.86. The van der Waals surface area contributed by atoms with Gasteiger partial charge in [0.1, 0.15) is 5.75 Å². The lowest BCUT2D eigenvalue weighted by Gasteiger charge is -2.06. The first-order valence-electron chi connectivity index (χ1n) is 10.3. The highest BCUT2D eigenvalue weighted by Crippen LogP contribution is 2.15. The Morgan fingerprint density at radius 1 is 0.852 bits per heavy atom. The molecule has 0 fully saturated rings. The highest BCUT2D eigenvalue weighted by atomic mass is 32.1. The van der Waals surface area contributed by atoms with E-state index < -0.39 is 0 Å². The lowest BCUT2D eigenvalue weighted by atomic mass is 10.1. The van der Waals surface area contributed by atoms with Crippen LogP contribution in [0.25, 0.3) is 6.08 Å². The number of benzene rings is 2. The minimum absolute atomic E-state index is 0.803. The molecule has 0 aliphatic rings. The largest absolute Gasteiger partial charge is 0.494 e. The van der Waals surface area contributed by atoms with E-state index in [4.69, 9.17) is 17.0 Å². The van der Waals surface area contributed by atoms with Crippen LogP contribution in [0.5, 0.6) is 5.75 Å². The molecule has 0 saturated carbocycles. The van der Waals surface area contributed by atoms with E-state index in [9.17, 15) is 0 Å². The van der Waals surface area contributed by atoms with Crippen LogP contribution in [0.3, 0.4) is 0 Å². The molecule has 0 heterocycles. The van der Waals surface area contributed by atoms with Gasteiger partial charge in [-0.2, -0.15) is 0 Å². The molecule has 0 unspecified atom stereocenters. The van der Waals surface area contributed by atoms with E-state index in [-0.39, 0.29) is 0 Å². The predicted octanol–water partition coefficient (Wildman–Crippen LogP) is 7.42. The third kappa shape index (κ3) is 8.09. The van der Waals surface area contributed by atoms with Crippen molar-refractivity contribution in [3.05, 3.63) is 71.3 Å². The number of ether oxygens (including phenoxy) is 1. The molecule has 2 aromatic rings. The van der Waals surface area contributed by atoms with E-state index >= 15 is 0 Å². The zero-order valence-electron chi connectivity index (χ0n) is 16.7. The summed E-state index contributed by atoms with van der Waals surface area (Å²) in [7, 11) is 0. The molecule has 2 rings (SSSR count). The lowest BCUT2D eigenvalue weighted by Crippen LogP contribution is -1.97. The van der Waals surface area contributed by atoms with Crippen molar-refractivity contribution in [3.63, 3.8) is 0 Å². The van der Waals surface area contributed by atoms with E-state index in [1.54, 1.807) is 0 Å². The minimum Gasteiger partial charge on any atom is -0.494 e. The van der Waals surface area contributed by atoms with Gasteiger partial charge in [0, 0.05) is 4.86 Å². The molecule has 0 aliphatic carbocycles. The van der Waals surface area contributed by atoms with Crippen LogP contribution in [0.1, 0.15) is 69.1 Å². The van der Waals surface area contributed by atoms with E-state index in [1.165, 1.54) is 37.7 Å². The fourth-order valence-corrected chi connectivity index (χ4v) is 3.17. The van der Waals surface area contributed by atoms with Gasteiger partial charge in [-0.3, -0.25) is 0 Å². The summed E-state index contributed by atoms with van der Waals surface area (Å²) in [5.74, 6) is 0.941. The summed E-state index contributed by atoms with van der Waals surface area (Å²) in [5, 5.41) is 0. The van der Waals surface area contributed by atoms with Crippen LogP contribution in [0, 0.1) is 0 Å². The van der Waals surface area contributed by atoms with Gasteiger partial charge in [-0.1, -0.05) is 101 Å². The van der Waals surface area contributed by atoms with Crippen LogP contribution in [0.4, 0.5) is 0 Å². The normalized spacial score (nSPS) is 11.0. The van der Waals surface area contributed by atoms with Gasteiger partial charge in [0.05, 0.1) is 6.61 Å². The maximum atomic E-state index is 5.82. The number of hydrogen-bond donors (Lipinski definition) is 0. The molecule has 0 saturated heterocycles. The number of thiocarbonyl (C=S) groups is 1. The molecule has 0 amide bonds. The second-order valence-corrected chi connectivity index (χ2v) is 7.42. The summed E-state index contributed by atoms with van der Waals surface area (Å²) in [6.45, 7) is 5.24. The monoisotopic (exact) mass is 380 g/mol. The van der Waals surface area contributed by atoms with Crippen LogP contribution in [-0.2, 0) is 6.42 Å². The number of rotatable bonds is 12. The van der Waals surface area contributed by atoms with Crippen molar-refractivity contribution in [3.8, 4) is 5.75 Å². The van der Waals surface area contributed by atoms with Gasteiger partial charge in [-0.25, -0.2) is 0 Å². The Labute approximate surface area is 170 Å². The molecule has 2 heteroatoms. The van der Waals surface area contributed by atoms with Gasteiger partial charge in [0.2, 0.25) is 0 Å². The first-order valence-corrected chi connectivity index (χ1v) is 10.7. The number of allylic oxidation sites excluding steroid dienone is 1. The van der Waals surface area contributed by atoms with Crippen molar-refractivity contribution < 1.29 is 4.74 Å². The Hall–Kier alpha value is -1.93. The molecule has 0 bridgehead atoms. The first kappa shape index (κ1) is 21.4. The molecule has 0 radical (unpaired) electrons. The van der Waals surface area contributed by atoms with Gasteiger partial charge in [-0.05, 0) is 47.7 Å². The zero-order chi connectivity index (χ0) is 19.3. The summed E-state index contributed by atoms with van der Waals surface area (Å²) < 4.78 is 5.82. The molecule has 0 atom stereocenters. The summed E-state index contributed by atoms with van der Waals surface area (Å²) in [5.41, 5.74) is 3.60. The maximum absolute atomic E-state index is 5.82. The fraction of sp³-hybridized carbons (Fsp3) is 0.400. The molecular weight excluding hydrogens is 348 g/mol. The maximum Gasteiger partial charge on any atom is 0.119 e. The van der Waals surface area contributed by atoms with Crippen molar-refractivity contribution in [2.24, 2.45) is 0 Å². The van der Waals surface area contributed by atoms with Crippen molar-refractivity contribution >= 4 is 23.2 Å². The van der Waals surface area contributed by atoms with Gasteiger partial charge in [-0.15, -0.1) is 0 Å². The summed E-state index contributed by atoms with van der Waals surface area (Å²) in [6, 6.07) is 16.8. The molecule has 0 aromatic heterocycles. The van der Waals surface area contributed by atoms with Gasteiger partial charge < -0.3 is 4.74 Å². The Morgan fingerprint density at radius 2 is 1.56 bits per heavy atom. The van der Waals surface area contributed by atoms with E-state index in [0.717, 1.165) is 41.2 Å². The SMILES string of the molecule is CCCCCCCOc1ccc(C=CC(=S)c2ccc(CCC)cc2)cc1. The Bertz CT molecular complexity index is 698. The quantitative estimate of drug-likeness (QED) is 0.164. The van der Waals surface area contributed by atoms with Gasteiger partial charge in [0.25, 0.3) is 0 Å². The van der Waals surface area contributed by atoms with Crippen molar-refractivity contribution in [1.82, 2.24) is 0 Å². The van der Waals surface area contributed by atoms with Crippen molar-refractivity contribution in [2.75, 3.05) is 6.61 Å². The average molecular weight is 381 g/mol. The zero-order valence-corrected chi connectivity index (χ0v) is 17.6. The Morgan fingerprint density at radius 3 is 2.22 bits per heavy atom. The van der Waals surface area contributed by atoms with Crippen LogP contribution < -0.4 is 4.74 Å². The second-order valence-electron chi connectivity index (χ2n) is 6.98. The Balaban J connectivity index is 1.80. The van der Waals surface area contributed by atoms with Crippen molar-refractivity contribution in [1.29, 1.82) is 0 Å². The molecule has 27 heavy (non-hydrogen) atoms. The molecule has 2 aromatic carbocycles. The van der Waals surface area contributed by atoms with E-state index in [2.05, 4.69) is 56.3 Å². The van der Waals surface area contributed by atoms with Crippen LogP contribution in [0.2, 0.25) is 0 Å². The molecular formula is C25H32OS. The number of aryl methyl sites for hydroxylation is 1. The molecule has 144 valence electrons. The van der Waals surface area contributed by atoms with E-state index in [0.29, 0.717) is 0 Å². The van der Waals surface area contributed by atoms with Gasteiger partial charge >= 0.3 is 0 Å². The second kappa shape index (κ2) is 12.5. The van der Waals surface area contributed by atoms with E-state index in [1.807, 2.05) is 18.2 Å². The third-order valence-electron chi connectivity index (χ3n) is 4.60. The summed E-state index contributed by atoms with van der Waals surface area (Å²) >= 11 is 5.54. The van der Waals surface area contributed by atoms with Gasteiger partial charge in [0.15, 0.2) is 0 Å². The predicted molar refractivity (Wildman–Crippen MR) is 122 cm³/mol. The molecule has 0 N–H and O–H groups in total. The highest BCUT2D eigenvalue weighted by Gasteiger charge is 1.99. The third-order valence-corrected chi connectivity index (χ3v) is 4.97. The van der Waals surface area contributed by atoms with Crippen LogP contribution in [-0.4, -0.2) is 11.5 Å². The fourth-order valence-electron chi connectivity index (χ4n) is 2.96. The highest BCUT2D eigenvalue weighted by molar-refractivity contribution is 7.81. The molecule has 0 aliphatic heterocycles.